The van der Waals surface area contributed by atoms with Crippen LogP contribution in [0.1, 0.15) is 41.0 Å². The molecule has 2 atom stereocenters. The van der Waals surface area contributed by atoms with Crippen molar-refractivity contribution < 1.29 is 4.79 Å². The average molecular weight is 212 g/mol. The van der Waals surface area contributed by atoms with Gasteiger partial charge >= 0.3 is 0 Å². The molecule has 0 spiro atoms. The standard InChI is InChI=1S/C12H24N2O/c1-6-9(2)10-11(15)14(8-13-10)7-12(3,4)5/h9-10,13H,6-8H2,1-5H3. The first-order valence-electron chi connectivity index (χ1n) is 5.87. The lowest BCUT2D eigenvalue weighted by Crippen LogP contribution is -2.38. The monoisotopic (exact) mass is 212 g/mol. The summed E-state index contributed by atoms with van der Waals surface area (Å²) in [7, 11) is 0. The molecule has 1 heterocycles. The van der Waals surface area contributed by atoms with E-state index in [-0.39, 0.29) is 17.4 Å². The van der Waals surface area contributed by atoms with Gasteiger partial charge in [0.15, 0.2) is 0 Å². The molecule has 0 aliphatic carbocycles. The molecule has 1 rings (SSSR count). The highest BCUT2D eigenvalue weighted by molar-refractivity contribution is 5.84. The SMILES string of the molecule is CCC(C)C1NCN(CC(C)(C)C)C1=O. The lowest BCUT2D eigenvalue weighted by Gasteiger charge is -2.26. The summed E-state index contributed by atoms with van der Waals surface area (Å²) in [5.41, 5.74) is 0.182. The fourth-order valence-corrected chi connectivity index (χ4v) is 1.96. The third kappa shape index (κ3) is 3.20. The zero-order chi connectivity index (χ0) is 11.6. The molecule has 0 aromatic carbocycles. The van der Waals surface area contributed by atoms with Crippen LogP contribution in [0.25, 0.3) is 0 Å². The van der Waals surface area contributed by atoms with E-state index in [0.29, 0.717) is 12.6 Å². The molecular weight excluding hydrogens is 188 g/mol. The molecule has 1 aliphatic heterocycles. The van der Waals surface area contributed by atoms with Gasteiger partial charge in [0, 0.05) is 6.54 Å². The number of nitrogens with zero attached hydrogens (tertiary/aromatic N) is 1. The maximum atomic E-state index is 12.0. The van der Waals surface area contributed by atoms with Crippen molar-refractivity contribution >= 4 is 5.91 Å². The molecule has 0 radical (unpaired) electrons. The van der Waals surface area contributed by atoms with Gasteiger partial charge in [-0.05, 0) is 11.3 Å². The Morgan fingerprint density at radius 2 is 2.13 bits per heavy atom. The summed E-state index contributed by atoms with van der Waals surface area (Å²) >= 11 is 0. The predicted octanol–water partition coefficient (Wildman–Crippen LogP) is 1.84. The Kier molecular flexibility index (Phi) is 3.77. The summed E-state index contributed by atoms with van der Waals surface area (Å²) in [5, 5.41) is 3.31. The van der Waals surface area contributed by atoms with E-state index in [0.717, 1.165) is 13.0 Å². The smallest absolute Gasteiger partial charge is 0.241 e. The van der Waals surface area contributed by atoms with Gasteiger partial charge in [-0.2, -0.15) is 0 Å². The van der Waals surface area contributed by atoms with E-state index in [4.69, 9.17) is 0 Å². The Balaban J connectivity index is 2.57. The topological polar surface area (TPSA) is 32.3 Å². The first kappa shape index (κ1) is 12.5. The van der Waals surface area contributed by atoms with Crippen LogP contribution in [0, 0.1) is 11.3 Å². The quantitative estimate of drug-likeness (QED) is 0.774. The Hall–Kier alpha value is -0.570. The van der Waals surface area contributed by atoms with Crippen molar-refractivity contribution in [3.63, 3.8) is 0 Å². The van der Waals surface area contributed by atoms with Crippen LogP contribution in [0.4, 0.5) is 0 Å². The lowest BCUT2D eigenvalue weighted by molar-refractivity contribution is -0.130. The molecule has 0 aromatic heterocycles. The van der Waals surface area contributed by atoms with Gasteiger partial charge in [-0.15, -0.1) is 0 Å². The molecule has 1 fully saturated rings. The molecule has 1 amide bonds. The molecule has 15 heavy (non-hydrogen) atoms. The third-order valence-electron chi connectivity index (χ3n) is 2.96. The summed E-state index contributed by atoms with van der Waals surface area (Å²) in [5.74, 6) is 0.710. The fourth-order valence-electron chi connectivity index (χ4n) is 1.96. The van der Waals surface area contributed by atoms with Gasteiger partial charge in [-0.25, -0.2) is 0 Å². The summed E-state index contributed by atoms with van der Waals surface area (Å²) < 4.78 is 0. The molecule has 3 nitrogen and oxygen atoms in total. The normalized spacial score (nSPS) is 24.7. The van der Waals surface area contributed by atoms with E-state index in [9.17, 15) is 4.79 Å². The zero-order valence-corrected chi connectivity index (χ0v) is 10.6. The molecule has 0 bridgehead atoms. The van der Waals surface area contributed by atoms with Gasteiger partial charge in [0.05, 0.1) is 12.7 Å². The second kappa shape index (κ2) is 4.52. The van der Waals surface area contributed by atoms with Crippen LogP contribution in [-0.2, 0) is 4.79 Å². The zero-order valence-electron chi connectivity index (χ0n) is 10.6. The maximum absolute atomic E-state index is 12.0. The molecule has 1 aliphatic rings. The number of hydrogen-bond donors (Lipinski definition) is 1. The van der Waals surface area contributed by atoms with Gasteiger partial charge in [0.2, 0.25) is 5.91 Å². The van der Waals surface area contributed by atoms with E-state index in [1.54, 1.807) is 0 Å². The highest BCUT2D eigenvalue weighted by Gasteiger charge is 2.35. The van der Waals surface area contributed by atoms with Crippen molar-refractivity contribution in [3.05, 3.63) is 0 Å². The first-order chi connectivity index (χ1) is 6.85. The lowest BCUT2D eigenvalue weighted by atomic mass is 9.95. The van der Waals surface area contributed by atoms with E-state index < -0.39 is 0 Å². The molecule has 2 unspecified atom stereocenters. The van der Waals surface area contributed by atoms with Crippen LogP contribution in [-0.4, -0.2) is 30.1 Å². The van der Waals surface area contributed by atoms with E-state index in [1.165, 1.54) is 0 Å². The van der Waals surface area contributed by atoms with Gasteiger partial charge in [0.25, 0.3) is 0 Å². The number of carbonyl (C=O) groups excluding carboxylic acids is 1. The van der Waals surface area contributed by atoms with E-state index >= 15 is 0 Å². The van der Waals surface area contributed by atoms with Crippen LogP contribution in [0.3, 0.4) is 0 Å². The highest BCUT2D eigenvalue weighted by Crippen LogP contribution is 2.20. The highest BCUT2D eigenvalue weighted by atomic mass is 16.2. The number of carbonyl (C=O) groups is 1. The minimum absolute atomic E-state index is 0.0392. The van der Waals surface area contributed by atoms with Crippen LogP contribution in [0.5, 0.6) is 0 Å². The summed E-state index contributed by atoms with van der Waals surface area (Å²) in [6.07, 6.45) is 1.05. The van der Waals surface area contributed by atoms with Crippen LogP contribution >= 0.6 is 0 Å². The molecule has 3 heteroatoms. The summed E-state index contributed by atoms with van der Waals surface area (Å²) in [6, 6.07) is 0.0392. The minimum atomic E-state index is 0.0392. The van der Waals surface area contributed by atoms with Gasteiger partial charge in [-0.1, -0.05) is 41.0 Å². The molecule has 1 saturated heterocycles. The predicted molar refractivity (Wildman–Crippen MR) is 62.4 cm³/mol. The molecule has 0 saturated carbocycles. The Morgan fingerprint density at radius 3 is 2.60 bits per heavy atom. The number of nitrogens with one attached hydrogen (secondary N) is 1. The minimum Gasteiger partial charge on any atom is -0.328 e. The van der Waals surface area contributed by atoms with Crippen molar-refractivity contribution in [1.29, 1.82) is 0 Å². The first-order valence-corrected chi connectivity index (χ1v) is 5.87. The summed E-state index contributed by atoms with van der Waals surface area (Å²) in [4.78, 5) is 14.0. The Morgan fingerprint density at radius 1 is 1.53 bits per heavy atom. The van der Waals surface area contributed by atoms with E-state index in [1.807, 2.05) is 4.90 Å². The Labute approximate surface area is 93.2 Å². The number of hydrogen-bond acceptors (Lipinski definition) is 2. The van der Waals surface area contributed by atoms with Crippen LogP contribution in [0.2, 0.25) is 0 Å². The second-order valence-electron chi connectivity index (χ2n) is 5.82. The van der Waals surface area contributed by atoms with Crippen molar-refractivity contribution in [3.8, 4) is 0 Å². The van der Waals surface area contributed by atoms with Crippen molar-refractivity contribution in [2.75, 3.05) is 13.2 Å². The van der Waals surface area contributed by atoms with Crippen LogP contribution < -0.4 is 5.32 Å². The summed E-state index contributed by atoms with van der Waals surface area (Å²) in [6.45, 7) is 12.3. The van der Waals surface area contributed by atoms with Gasteiger partial charge in [-0.3, -0.25) is 10.1 Å². The maximum Gasteiger partial charge on any atom is 0.241 e. The van der Waals surface area contributed by atoms with Crippen molar-refractivity contribution in [2.24, 2.45) is 11.3 Å². The fraction of sp³-hybridized carbons (Fsp3) is 0.917. The second-order valence-corrected chi connectivity index (χ2v) is 5.82. The third-order valence-corrected chi connectivity index (χ3v) is 2.96. The largest absolute Gasteiger partial charge is 0.328 e. The average Bonchev–Trinajstić information content (AvgIpc) is 2.45. The van der Waals surface area contributed by atoms with Gasteiger partial charge in [0.1, 0.15) is 0 Å². The number of rotatable bonds is 3. The van der Waals surface area contributed by atoms with Crippen molar-refractivity contribution in [1.82, 2.24) is 10.2 Å². The molecule has 88 valence electrons. The molecule has 0 aromatic rings. The van der Waals surface area contributed by atoms with E-state index in [2.05, 4.69) is 39.9 Å². The molecular formula is C12H24N2O. The molecule has 1 N–H and O–H groups in total. The number of amides is 1. The van der Waals surface area contributed by atoms with Crippen LogP contribution in [0.15, 0.2) is 0 Å². The van der Waals surface area contributed by atoms with Crippen molar-refractivity contribution in [2.45, 2.75) is 47.1 Å². The van der Waals surface area contributed by atoms with Gasteiger partial charge < -0.3 is 4.90 Å². The Bertz CT molecular complexity index is 232.